The number of hydrogen-bond acceptors (Lipinski definition) is 7. The first-order chi connectivity index (χ1) is 16.4. The highest BCUT2D eigenvalue weighted by molar-refractivity contribution is 7.22. The molecular weight excluding hydrogens is 474 g/mol. The minimum Gasteiger partial charge on any atom is -0.495 e. The summed E-state index contributed by atoms with van der Waals surface area (Å²) in [7, 11) is 1.60. The van der Waals surface area contributed by atoms with Crippen LogP contribution in [0.2, 0.25) is 5.02 Å². The maximum absolute atomic E-state index is 13.3. The van der Waals surface area contributed by atoms with E-state index in [1.165, 1.54) is 22.8 Å². The van der Waals surface area contributed by atoms with Crippen LogP contribution in [0.15, 0.2) is 59.7 Å². The first kappa shape index (κ1) is 22.4. The number of anilines is 1. The third-order valence-corrected chi connectivity index (χ3v) is 7.24. The van der Waals surface area contributed by atoms with Crippen LogP contribution in [0.5, 0.6) is 5.75 Å². The van der Waals surface area contributed by atoms with Gasteiger partial charge in [0.25, 0.3) is 5.56 Å². The summed E-state index contributed by atoms with van der Waals surface area (Å²) in [5, 5.41) is 0.665. The van der Waals surface area contributed by atoms with E-state index in [1.54, 1.807) is 13.4 Å². The molecule has 1 aliphatic heterocycles. The van der Waals surface area contributed by atoms with Crippen molar-refractivity contribution in [2.24, 2.45) is 0 Å². The van der Waals surface area contributed by atoms with Gasteiger partial charge in [-0.2, -0.15) is 0 Å². The van der Waals surface area contributed by atoms with Gasteiger partial charge in [-0.05, 0) is 35.9 Å². The van der Waals surface area contributed by atoms with Gasteiger partial charge < -0.3 is 14.4 Å². The van der Waals surface area contributed by atoms with E-state index in [4.69, 9.17) is 21.1 Å². The predicted octanol–water partition coefficient (Wildman–Crippen LogP) is 4.92. The number of fused-ring (bicyclic) bond motifs is 1. The number of hydrogen-bond donors (Lipinski definition) is 0. The van der Waals surface area contributed by atoms with Crippen LogP contribution in [-0.2, 0) is 9.53 Å². The van der Waals surface area contributed by atoms with Crippen molar-refractivity contribution in [3.05, 3.63) is 70.2 Å². The van der Waals surface area contributed by atoms with Gasteiger partial charge >= 0.3 is 5.97 Å². The van der Waals surface area contributed by atoms with Gasteiger partial charge in [-0.15, -0.1) is 11.3 Å². The Morgan fingerprint density at radius 1 is 1.18 bits per heavy atom. The third kappa shape index (κ3) is 4.26. The number of esters is 1. The van der Waals surface area contributed by atoms with Crippen LogP contribution in [0.1, 0.15) is 13.3 Å². The Labute approximate surface area is 205 Å². The molecule has 0 saturated carbocycles. The molecule has 174 valence electrons. The summed E-state index contributed by atoms with van der Waals surface area (Å²) in [5.74, 6) is 0.366. The lowest BCUT2D eigenvalue weighted by molar-refractivity contribution is -0.145. The largest absolute Gasteiger partial charge is 0.495 e. The average molecular weight is 496 g/mol. The smallest absolute Gasteiger partial charge is 0.302 e. The van der Waals surface area contributed by atoms with E-state index in [0.29, 0.717) is 33.2 Å². The Morgan fingerprint density at radius 2 is 1.97 bits per heavy atom. The van der Waals surface area contributed by atoms with Crippen molar-refractivity contribution < 1.29 is 14.3 Å². The lowest BCUT2D eigenvalue weighted by atomic mass is 10.2. The summed E-state index contributed by atoms with van der Waals surface area (Å²) in [5.41, 5.74) is 3.07. The standard InChI is InChI=1S/C25H22ClN3O4S/c1-15(30)33-19-9-10-28(13-19)21-8-7-18(11-22(21)32-2)29-14-27-20-12-23(34-24(20)25(29)31)16-3-5-17(26)6-4-16/h3-8,11-12,14,19H,9-10,13H2,1-2H3. The van der Waals surface area contributed by atoms with Gasteiger partial charge in [-0.1, -0.05) is 23.7 Å². The quantitative estimate of drug-likeness (QED) is 0.366. The summed E-state index contributed by atoms with van der Waals surface area (Å²) < 4.78 is 13.1. The SMILES string of the molecule is COc1cc(-n2cnc3cc(-c4ccc(Cl)cc4)sc3c2=O)ccc1N1CCC(OC(C)=O)C1. The van der Waals surface area contributed by atoms with Gasteiger partial charge in [-0.3, -0.25) is 14.2 Å². The molecule has 0 bridgehead atoms. The highest BCUT2D eigenvalue weighted by Gasteiger charge is 2.27. The Kier molecular flexibility index (Phi) is 6.02. The number of nitrogens with zero attached hydrogens (tertiary/aromatic N) is 3. The second-order valence-corrected chi connectivity index (χ2v) is 9.56. The molecule has 4 aromatic rings. The van der Waals surface area contributed by atoms with E-state index in [0.717, 1.165) is 29.1 Å². The number of ether oxygens (including phenoxy) is 2. The highest BCUT2D eigenvalue weighted by Crippen LogP contribution is 2.34. The van der Waals surface area contributed by atoms with Gasteiger partial charge in [0.2, 0.25) is 0 Å². The fraction of sp³-hybridized carbons (Fsp3) is 0.240. The minimum absolute atomic E-state index is 0.134. The lowest BCUT2D eigenvalue weighted by Gasteiger charge is -2.22. The average Bonchev–Trinajstić information content (AvgIpc) is 3.47. The molecule has 0 aliphatic carbocycles. The number of rotatable bonds is 5. The van der Waals surface area contributed by atoms with Crippen LogP contribution in [0, 0.1) is 0 Å². The molecule has 34 heavy (non-hydrogen) atoms. The van der Waals surface area contributed by atoms with Crippen LogP contribution in [0.3, 0.4) is 0 Å². The molecular formula is C25H22ClN3O4S. The zero-order valence-electron chi connectivity index (χ0n) is 18.7. The second kappa shape index (κ2) is 9.12. The van der Waals surface area contributed by atoms with E-state index < -0.39 is 0 Å². The Morgan fingerprint density at radius 3 is 2.71 bits per heavy atom. The molecule has 1 atom stereocenters. The molecule has 1 unspecified atom stereocenters. The molecule has 0 N–H and O–H groups in total. The van der Waals surface area contributed by atoms with Gasteiger partial charge in [-0.25, -0.2) is 4.98 Å². The van der Waals surface area contributed by atoms with Crippen molar-refractivity contribution in [3.63, 3.8) is 0 Å². The fourth-order valence-corrected chi connectivity index (χ4v) is 5.38. The van der Waals surface area contributed by atoms with Crippen molar-refractivity contribution >= 4 is 44.8 Å². The van der Waals surface area contributed by atoms with Crippen molar-refractivity contribution in [1.29, 1.82) is 0 Å². The maximum atomic E-state index is 13.3. The van der Waals surface area contributed by atoms with E-state index in [2.05, 4.69) is 9.88 Å². The summed E-state index contributed by atoms with van der Waals surface area (Å²) >= 11 is 7.41. The number of carbonyl (C=O) groups is 1. The first-order valence-corrected chi connectivity index (χ1v) is 12.0. The molecule has 9 heteroatoms. The van der Waals surface area contributed by atoms with E-state index in [-0.39, 0.29) is 17.6 Å². The van der Waals surface area contributed by atoms with Crippen LogP contribution in [0.4, 0.5) is 5.69 Å². The molecule has 7 nitrogen and oxygen atoms in total. The number of thiophene rings is 1. The van der Waals surface area contributed by atoms with Crippen molar-refractivity contribution in [3.8, 4) is 21.9 Å². The first-order valence-electron chi connectivity index (χ1n) is 10.8. The highest BCUT2D eigenvalue weighted by atomic mass is 35.5. The third-order valence-electron chi connectivity index (χ3n) is 5.83. The summed E-state index contributed by atoms with van der Waals surface area (Å²) in [6.45, 7) is 2.78. The molecule has 3 heterocycles. The summed E-state index contributed by atoms with van der Waals surface area (Å²) in [6.07, 6.45) is 2.17. The van der Waals surface area contributed by atoms with Crippen LogP contribution in [-0.4, -0.2) is 41.8 Å². The topological polar surface area (TPSA) is 73.7 Å². The summed E-state index contributed by atoms with van der Waals surface area (Å²) in [6, 6.07) is 15.1. The Balaban J connectivity index is 1.47. The molecule has 1 fully saturated rings. The van der Waals surface area contributed by atoms with Crippen LogP contribution < -0.4 is 15.2 Å². The summed E-state index contributed by atoms with van der Waals surface area (Å²) in [4.78, 5) is 32.2. The second-order valence-electron chi connectivity index (χ2n) is 8.07. The molecule has 5 rings (SSSR count). The zero-order chi connectivity index (χ0) is 23.8. The number of aromatic nitrogens is 2. The molecule has 1 saturated heterocycles. The lowest BCUT2D eigenvalue weighted by Crippen LogP contribution is -2.24. The van der Waals surface area contributed by atoms with Gasteiger partial charge in [0.1, 0.15) is 22.9 Å². The molecule has 0 radical (unpaired) electrons. The Bertz CT molecular complexity index is 1430. The van der Waals surface area contributed by atoms with Gasteiger partial charge in [0.15, 0.2) is 0 Å². The number of methoxy groups -OCH3 is 1. The normalized spacial score (nSPS) is 15.6. The van der Waals surface area contributed by atoms with E-state index >= 15 is 0 Å². The van der Waals surface area contributed by atoms with Crippen molar-refractivity contribution in [2.75, 3.05) is 25.1 Å². The molecule has 0 amide bonds. The van der Waals surface area contributed by atoms with Gasteiger partial charge in [0, 0.05) is 35.9 Å². The molecule has 0 spiro atoms. The number of carbonyl (C=O) groups excluding carboxylic acids is 1. The fourth-order valence-electron chi connectivity index (χ4n) is 4.21. The number of benzene rings is 2. The van der Waals surface area contributed by atoms with Crippen LogP contribution in [0.25, 0.3) is 26.3 Å². The monoisotopic (exact) mass is 495 g/mol. The zero-order valence-corrected chi connectivity index (χ0v) is 20.2. The van der Waals surface area contributed by atoms with Crippen molar-refractivity contribution in [1.82, 2.24) is 9.55 Å². The van der Waals surface area contributed by atoms with Crippen LogP contribution >= 0.6 is 22.9 Å². The van der Waals surface area contributed by atoms with Crippen molar-refractivity contribution in [2.45, 2.75) is 19.4 Å². The molecule has 1 aliphatic rings. The molecule has 2 aromatic heterocycles. The minimum atomic E-state index is -0.274. The number of halogens is 1. The Hall–Kier alpha value is -3.36. The van der Waals surface area contributed by atoms with E-state index in [1.807, 2.05) is 48.5 Å². The predicted molar refractivity (Wildman–Crippen MR) is 135 cm³/mol. The van der Waals surface area contributed by atoms with Gasteiger partial charge in [0.05, 0.1) is 30.5 Å². The molecule has 2 aromatic carbocycles. The maximum Gasteiger partial charge on any atom is 0.302 e. The van der Waals surface area contributed by atoms with E-state index in [9.17, 15) is 9.59 Å².